The number of halogens is 4. The van der Waals surface area contributed by atoms with Crippen molar-refractivity contribution in [2.24, 2.45) is 0 Å². The molecule has 0 saturated carbocycles. The summed E-state index contributed by atoms with van der Waals surface area (Å²) in [7, 11) is 1.55. The van der Waals surface area contributed by atoms with Crippen LogP contribution in [0.25, 0.3) is 6.08 Å². The number of hydrogen-bond donors (Lipinski definition) is 0. The Hall–Kier alpha value is -2.17. The molecule has 6 nitrogen and oxygen atoms in total. The van der Waals surface area contributed by atoms with Crippen molar-refractivity contribution in [3.8, 4) is 17.2 Å². The molecule has 1 fully saturated rings. The lowest BCUT2D eigenvalue weighted by Crippen LogP contribution is -2.32. The number of imide groups is 1. The number of hydrogen-bond acceptors (Lipinski definition) is 6. The first-order chi connectivity index (χ1) is 17.8. The number of rotatable bonds is 9. The van der Waals surface area contributed by atoms with Crippen LogP contribution in [0.2, 0.25) is 10.0 Å². The number of amides is 2. The van der Waals surface area contributed by atoms with Crippen LogP contribution in [0.4, 0.5) is 4.79 Å². The summed E-state index contributed by atoms with van der Waals surface area (Å²) in [5.74, 6) is 1.33. The highest BCUT2D eigenvalue weighted by atomic mass is 79.9. The van der Waals surface area contributed by atoms with E-state index in [1.54, 1.807) is 43.5 Å². The summed E-state index contributed by atoms with van der Waals surface area (Å²) in [5, 5.41) is 0.715. The molecule has 0 spiro atoms. The monoisotopic (exact) mass is 685 g/mol. The van der Waals surface area contributed by atoms with Crippen LogP contribution in [0.5, 0.6) is 17.2 Å². The lowest BCUT2D eigenvalue weighted by molar-refractivity contribution is -0.123. The molecule has 0 N–H and O–H groups in total. The fraction of sp³-hybridized carbons (Fsp3) is 0.154. The predicted octanol–water partition coefficient (Wildman–Crippen LogP) is 8.22. The van der Waals surface area contributed by atoms with E-state index >= 15 is 0 Å². The Labute approximate surface area is 245 Å². The maximum absolute atomic E-state index is 12.9. The minimum absolute atomic E-state index is 0.119. The minimum atomic E-state index is -0.372. The molecular formula is C26H19Br2Cl2NO5S. The summed E-state index contributed by atoms with van der Waals surface area (Å²) in [4.78, 5) is 26.9. The third kappa shape index (κ3) is 6.83. The molecule has 192 valence electrons. The van der Waals surface area contributed by atoms with Gasteiger partial charge in [0.15, 0.2) is 11.5 Å². The first kappa shape index (κ1) is 27.9. The van der Waals surface area contributed by atoms with Gasteiger partial charge in [0.25, 0.3) is 11.1 Å². The molecule has 37 heavy (non-hydrogen) atoms. The Balaban J connectivity index is 1.41. The molecule has 0 aliphatic carbocycles. The average molecular weight is 688 g/mol. The Bertz CT molecular complexity index is 1360. The molecule has 3 aromatic carbocycles. The van der Waals surface area contributed by atoms with Gasteiger partial charge in [-0.3, -0.25) is 14.5 Å². The number of methoxy groups -OCH3 is 1. The van der Waals surface area contributed by atoms with Gasteiger partial charge < -0.3 is 14.2 Å². The predicted molar refractivity (Wildman–Crippen MR) is 154 cm³/mol. The summed E-state index contributed by atoms with van der Waals surface area (Å²) >= 11 is 20.1. The zero-order valence-corrected chi connectivity index (χ0v) is 24.8. The van der Waals surface area contributed by atoms with Crippen LogP contribution in [0.3, 0.4) is 0 Å². The number of carbonyl (C=O) groups is 2. The van der Waals surface area contributed by atoms with Crippen molar-refractivity contribution in [2.45, 2.75) is 6.61 Å². The third-order valence-electron chi connectivity index (χ3n) is 5.22. The van der Waals surface area contributed by atoms with Gasteiger partial charge in [0.1, 0.15) is 19.0 Å². The van der Waals surface area contributed by atoms with E-state index in [9.17, 15) is 9.59 Å². The van der Waals surface area contributed by atoms with Gasteiger partial charge in [0.2, 0.25) is 0 Å². The van der Waals surface area contributed by atoms with Gasteiger partial charge in [-0.25, -0.2) is 0 Å². The van der Waals surface area contributed by atoms with Crippen molar-refractivity contribution in [3.63, 3.8) is 0 Å². The number of benzene rings is 3. The summed E-state index contributed by atoms with van der Waals surface area (Å²) in [6, 6.07) is 16.0. The zero-order chi connectivity index (χ0) is 26.5. The van der Waals surface area contributed by atoms with Gasteiger partial charge in [-0.2, -0.15) is 0 Å². The van der Waals surface area contributed by atoms with Gasteiger partial charge in [0.05, 0.1) is 27.5 Å². The summed E-state index contributed by atoms with van der Waals surface area (Å²) in [6.45, 7) is 0.502. The molecule has 4 rings (SSSR count). The molecule has 0 aromatic heterocycles. The Morgan fingerprint density at radius 3 is 2.35 bits per heavy atom. The van der Waals surface area contributed by atoms with E-state index in [0.717, 1.165) is 17.3 Å². The number of ether oxygens (including phenoxy) is 3. The second kappa shape index (κ2) is 12.6. The van der Waals surface area contributed by atoms with E-state index in [0.29, 0.717) is 46.7 Å². The van der Waals surface area contributed by atoms with E-state index in [2.05, 4.69) is 31.9 Å². The quantitative estimate of drug-likeness (QED) is 0.211. The minimum Gasteiger partial charge on any atom is -0.493 e. The van der Waals surface area contributed by atoms with Crippen LogP contribution in [0.1, 0.15) is 11.1 Å². The fourth-order valence-corrected chi connectivity index (χ4v) is 6.20. The fourth-order valence-electron chi connectivity index (χ4n) is 3.42. The van der Waals surface area contributed by atoms with Gasteiger partial charge >= 0.3 is 0 Å². The smallest absolute Gasteiger partial charge is 0.293 e. The number of thioether (sulfide) groups is 1. The van der Waals surface area contributed by atoms with Crippen molar-refractivity contribution >= 4 is 84.0 Å². The average Bonchev–Trinajstić information content (AvgIpc) is 3.12. The molecule has 2 amide bonds. The molecular weight excluding hydrogens is 669 g/mol. The molecule has 0 atom stereocenters. The standard InChI is InChI=1S/C26H19Br2Cl2NO5S/c1-34-21-4-2-3-5-22(21)35-9-8-31-25(32)23(37-26(31)33)12-15-10-18(27)24(19(28)11-15)36-14-16-6-7-17(29)13-20(16)30/h2-7,10-13H,8-9,14H2,1H3/b23-12-. The van der Waals surface area contributed by atoms with Crippen LogP contribution >= 0.6 is 66.8 Å². The molecule has 11 heteroatoms. The molecule has 1 aliphatic rings. The van der Waals surface area contributed by atoms with Gasteiger partial charge in [-0.15, -0.1) is 0 Å². The highest BCUT2D eigenvalue weighted by molar-refractivity contribution is 9.11. The largest absolute Gasteiger partial charge is 0.493 e. The zero-order valence-electron chi connectivity index (χ0n) is 19.3. The Kier molecular flexibility index (Phi) is 9.47. The van der Waals surface area contributed by atoms with Crippen molar-refractivity contribution in [1.82, 2.24) is 4.90 Å². The van der Waals surface area contributed by atoms with E-state index < -0.39 is 0 Å². The Morgan fingerprint density at radius 1 is 0.973 bits per heavy atom. The van der Waals surface area contributed by atoms with Crippen molar-refractivity contribution in [1.29, 1.82) is 0 Å². The SMILES string of the molecule is COc1ccccc1OCCN1C(=O)S/C(=C\c2cc(Br)c(OCc3ccc(Cl)cc3Cl)c(Br)c2)C1=O. The second-order valence-electron chi connectivity index (χ2n) is 7.67. The second-order valence-corrected chi connectivity index (χ2v) is 11.2. The first-order valence-electron chi connectivity index (χ1n) is 10.8. The highest BCUT2D eigenvalue weighted by Crippen LogP contribution is 2.38. The van der Waals surface area contributed by atoms with Crippen molar-refractivity contribution in [2.75, 3.05) is 20.3 Å². The van der Waals surface area contributed by atoms with Crippen LogP contribution in [0.15, 0.2) is 68.4 Å². The first-order valence-corrected chi connectivity index (χ1v) is 14.0. The molecule has 1 aliphatic heterocycles. The summed E-state index contributed by atoms with van der Waals surface area (Å²) in [6.07, 6.45) is 1.67. The lowest BCUT2D eigenvalue weighted by Gasteiger charge is -2.14. The number of para-hydroxylation sites is 2. The van der Waals surface area contributed by atoms with Gasteiger partial charge in [-0.1, -0.05) is 41.4 Å². The normalized spacial score (nSPS) is 14.4. The van der Waals surface area contributed by atoms with Crippen LogP contribution in [-0.2, 0) is 11.4 Å². The van der Waals surface area contributed by atoms with Gasteiger partial charge in [-0.05, 0) is 91.7 Å². The third-order valence-corrected chi connectivity index (χ3v) is 7.89. The van der Waals surface area contributed by atoms with E-state index in [1.807, 2.05) is 24.3 Å². The lowest BCUT2D eigenvalue weighted by atomic mass is 10.2. The molecule has 1 heterocycles. The van der Waals surface area contributed by atoms with Crippen LogP contribution < -0.4 is 14.2 Å². The number of nitrogens with zero attached hydrogens (tertiary/aromatic N) is 1. The summed E-state index contributed by atoms with van der Waals surface area (Å²) < 4.78 is 18.3. The Morgan fingerprint density at radius 2 is 1.68 bits per heavy atom. The van der Waals surface area contributed by atoms with Crippen LogP contribution in [0, 0.1) is 0 Å². The number of carbonyl (C=O) groups excluding carboxylic acids is 2. The summed E-state index contributed by atoms with van der Waals surface area (Å²) in [5.41, 5.74) is 1.50. The van der Waals surface area contributed by atoms with Crippen molar-refractivity contribution in [3.05, 3.63) is 89.6 Å². The molecule has 0 unspecified atom stereocenters. The molecule has 3 aromatic rings. The maximum atomic E-state index is 12.9. The van der Waals surface area contributed by atoms with E-state index in [-0.39, 0.29) is 30.9 Å². The molecule has 1 saturated heterocycles. The van der Waals surface area contributed by atoms with E-state index in [4.69, 9.17) is 37.4 Å². The van der Waals surface area contributed by atoms with Crippen molar-refractivity contribution < 1.29 is 23.8 Å². The maximum Gasteiger partial charge on any atom is 0.293 e. The van der Waals surface area contributed by atoms with E-state index in [1.165, 1.54) is 4.90 Å². The molecule has 0 bridgehead atoms. The van der Waals surface area contributed by atoms with Crippen LogP contribution in [-0.4, -0.2) is 36.3 Å². The van der Waals surface area contributed by atoms with Gasteiger partial charge in [0, 0.05) is 15.6 Å². The topological polar surface area (TPSA) is 65.1 Å². The highest BCUT2D eigenvalue weighted by Gasteiger charge is 2.35. The molecule has 0 radical (unpaired) electrons.